The van der Waals surface area contributed by atoms with Crippen molar-refractivity contribution in [2.24, 2.45) is 10.7 Å². The quantitative estimate of drug-likeness (QED) is 0.652. The van der Waals surface area contributed by atoms with Gasteiger partial charge in [0.2, 0.25) is 9.84 Å². The van der Waals surface area contributed by atoms with Crippen LogP contribution in [0.3, 0.4) is 0 Å². The van der Waals surface area contributed by atoms with Crippen molar-refractivity contribution in [1.82, 2.24) is 4.90 Å². The average molecular weight is 231 g/mol. The Bertz CT molecular complexity index is 407. The second-order valence-corrected chi connectivity index (χ2v) is 5.28. The van der Waals surface area contributed by atoms with E-state index in [4.69, 9.17) is 10.5 Å². The number of aliphatic imine (C=N–C) groups is 1. The zero-order chi connectivity index (χ0) is 10.9. The van der Waals surface area contributed by atoms with Crippen LogP contribution in [-0.2, 0) is 14.6 Å². The summed E-state index contributed by atoms with van der Waals surface area (Å²) < 4.78 is 28.2. The van der Waals surface area contributed by atoms with Crippen LogP contribution in [0.15, 0.2) is 16.2 Å². The summed E-state index contributed by atoms with van der Waals surface area (Å²) >= 11 is 0. The molecule has 0 amide bonds. The van der Waals surface area contributed by atoms with Crippen molar-refractivity contribution in [3.63, 3.8) is 0 Å². The zero-order valence-electron chi connectivity index (χ0n) is 8.22. The van der Waals surface area contributed by atoms with Gasteiger partial charge in [-0.25, -0.2) is 13.4 Å². The molecule has 2 N–H and O–H groups in total. The predicted molar refractivity (Wildman–Crippen MR) is 55.9 cm³/mol. The number of hydrogen-bond donors (Lipinski definition) is 1. The fourth-order valence-electron chi connectivity index (χ4n) is 1.54. The van der Waals surface area contributed by atoms with Gasteiger partial charge in [-0.1, -0.05) is 0 Å². The highest BCUT2D eigenvalue weighted by molar-refractivity contribution is 8.09. The fourth-order valence-corrected chi connectivity index (χ4v) is 2.64. The number of nitrogens with two attached hydrogens (primary N) is 1. The number of morpholine rings is 1. The summed E-state index contributed by atoms with van der Waals surface area (Å²) in [7, 11) is -3.36. The van der Waals surface area contributed by atoms with Gasteiger partial charge in [0, 0.05) is 13.1 Å². The van der Waals surface area contributed by atoms with Crippen LogP contribution < -0.4 is 5.73 Å². The maximum Gasteiger partial charge on any atom is 0.218 e. The minimum absolute atomic E-state index is 0.0678. The molecule has 0 spiro atoms. The average Bonchev–Trinajstić information content (AvgIpc) is 2.41. The molecule has 15 heavy (non-hydrogen) atoms. The summed E-state index contributed by atoms with van der Waals surface area (Å²) in [5.74, 6) is 0.0678. The maximum atomic E-state index is 11.5. The lowest BCUT2D eigenvalue weighted by Gasteiger charge is -2.25. The summed E-state index contributed by atoms with van der Waals surface area (Å²) in [6.45, 7) is 3.05. The van der Waals surface area contributed by atoms with Gasteiger partial charge in [0.15, 0.2) is 5.04 Å². The van der Waals surface area contributed by atoms with Gasteiger partial charge >= 0.3 is 0 Å². The first kappa shape index (κ1) is 10.6. The lowest BCUT2D eigenvalue weighted by atomic mass is 10.4. The molecule has 0 saturated carbocycles. The number of nitrogens with zero attached hydrogens (tertiary/aromatic N) is 2. The normalized spacial score (nSPS) is 26.1. The first-order chi connectivity index (χ1) is 7.08. The second-order valence-electron chi connectivity index (χ2n) is 3.48. The van der Waals surface area contributed by atoms with E-state index >= 15 is 0 Å². The van der Waals surface area contributed by atoms with Crippen LogP contribution in [0.4, 0.5) is 0 Å². The standard InChI is InChI=1S/C8H13N3O3S/c9-7-6-15(12,13)8(10-7)5-11-1-3-14-4-2-11/h6H,1-5,9H2. The largest absolute Gasteiger partial charge is 0.383 e. The van der Waals surface area contributed by atoms with E-state index in [1.54, 1.807) is 0 Å². The third kappa shape index (κ3) is 2.36. The smallest absolute Gasteiger partial charge is 0.218 e. The third-order valence-electron chi connectivity index (χ3n) is 2.32. The van der Waals surface area contributed by atoms with E-state index < -0.39 is 9.84 Å². The van der Waals surface area contributed by atoms with E-state index in [1.807, 2.05) is 4.90 Å². The van der Waals surface area contributed by atoms with Gasteiger partial charge < -0.3 is 10.5 Å². The van der Waals surface area contributed by atoms with Crippen LogP contribution in [-0.4, -0.2) is 51.2 Å². The Morgan fingerprint density at radius 1 is 1.47 bits per heavy atom. The Labute approximate surface area is 88.3 Å². The van der Waals surface area contributed by atoms with Crippen molar-refractivity contribution >= 4 is 14.9 Å². The van der Waals surface area contributed by atoms with Gasteiger partial charge in [0.25, 0.3) is 0 Å². The minimum atomic E-state index is -3.36. The molecule has 2 heterocycles. The monoisotopic (exact) mass is 231 g/mol. The molecule has 0 aromatic rings. The summed E-state index contributed by atoms with van der Waals surface area (Å²) in [5.41, 5.74) is 5.36. The topological polar surface area (TPSA) is 85.0 Å². The number of rotatable bonds is 2. The number of ether oxygens (including phenoxy) is 1. The third-order valence-corrected chi connectivity index (χ3v) is 3.75. The van der Waals surface area contributed by atoms with Gasteiger partial charge in [-0.2, -0.15) is 0 Å². The molecule has 0 radical (unpaired) electrons. The first-order valence-electron chi connectivity index (χ1n) is 4.68. The van der Waals surface area contributed by atoms with Crippen molar-refractivity contribution in [3.8, 4) is 0 Å². The molecule has 0 aromatic heterocycles. The Hall–Kier alpha value is -0.920. The van der Waals surface area contributed by atoms with Crippen molar-refractivity contribution in [2.75, 3.05) is 32.8 Å². The lowest BCUT2D eigenvalue weighted by Crippen LogP contribution is -2.40. The lowest BCUT2D eigenvalue weighted by molar-refractivity contribution is 0.0455. The minimum Gasteiger partial charge on any atom is -0.383 e. The van der Waals surface area contributed by atoms with Crippen molar-refractivity contribution < 1.29 is 13.2 Å². The van der Waals surface area contributed by atoms with Crippen LogP contribution in [0.1, 0.15) is 0 Å². The van der Waals surface area contributed by atoms with Gasteiger partial charge in [-0.05, 0) is 0 Å². The molecule has 2 aliphatic heterocycles. The van der Waals surface area contributed by atoms with Gasteiger partial charge in [0.1, 0.15) is 5.82 Å². The first-order valence-corrected chi connectivity index (χ1v) is 6.22. The highest BCUT2D eigenvalue weighted by Crippen LogP contribution is 2.12. The van der Waals surface area contributed by atoms with Crippen LogP contribution in [0.25, 0.3) is 0 Å². The molecule has 0 aliphatic carbocycles. The van der Waals surface area contributed by atoms with Crippen molar-refractivity contribution in [3.05, 3.63) is 11.2 Å². The summed E-state index contributed by atoms with van der Waals surface area (Å²) in [5, 5.41) is 1.14. The van der Waals surface area contributed by atoms with E-state index in [0.717, 1.165) is 18.5 Å². The maximum absolute atomic E-state index is 11.5. The molecule has 1 saturated heterocycles. The molecular weight excluding hydrogens is 218 g/mol. The Balaban J connectivity index is 2.04. The molecule has 1 fully saturated rings. The molecule has 2 aliphatic rings. The number of sulfone groups is 1. The van der Waals surface area contributed by atoms with E-state index in [-0.39, 0.29) is 10.9 Å². The van der Waals surface area contributed by atoms with Crippen LogP contribution in [0.2, 0.25) is 0 Å². The van der Waals surface area contributed by atoms with Crippen molar-refractivity contribution in [2.45, 2.75) is 0 Å². The summed E-state index contributed by atoms with van der Waals surface area (Å²) in [6.07, 6.45) is 0. The molecule has 0 bridgehead atoms. The Kier molecular flexibility index (Phi) is 2.76. The molecular formula is C8H13N3O3S. The molecule has 0 unspecified atom stereocenters. The Morgan fingerprint density at radius 2 is 2.13 bits per heavy atom. The van der Waals surface area contributed by atoms with E-state index in [0.29, 0.717) is 19.8 Å². The Morgan fingerprint density at radius 3 is 2.67 bits per heavy atom. The van der Waals surface area contributed by atoms with Gasteiger partial charge in [-0.15, -0.1) is 0 Å². The molecule has 7 heteroatoms. The number of hydrogen-bond acceptors (Lipinski definition) is 6. The van der Waals surface area contributed by atoms with E-state index in [9.17, 15) is 8.42 Å². The summed E-state index contributed by atoms with van der Waals surface area (Å²) in [6, 6.07) is 0. The van der Waals surface area contributed by atoms with E-state index in [1.165, 1.54) is 0 Å². The molecule has 2 rings (SSSR count). The molecule has 6 nitrogen and oxygen atoms in total. The second kappa shape index (κ2) is 3.92. The molecule has 0 aromatic carbocycles. The fraction of sp³-hybridized carbons (Fsp3) is 0.625. The highest BCUT2D eigenvalue weighted by atomic mass is 32.2. The zero-order valence-corrected chi connectivity index (χ0v) is 9.03. The highest BCUT2D eigenvalue weighted by Gasteiger charge is 2.26. The predicted octanol–water partition coefficient (Wildman–Crippen LogP) is -1.10. The van der Waals surface area contributed by atoms with Crippen LogP contribution in [0.5, 0.6) is 0 Å². The van der Waals surface area contributed by atoms with Gasteiger partial charge in [-0.3, -0.25) is 4.90 Å². The summed E-state index contributed by atoms with van der Waals surface area (Å²) in [4.78, 5) is 5.81. The van der Waals surface area contributed by atoms with Gasteiger partial charge in [0.05, 0.1) is 25.2 Å². The SMILES string of the molecule is NC1=CS(=O)(=O)C(CN2CCOCC2)=N1. The molecule has 84 valence electrons. The van der Waals surface area contributed by atoms with Crippen LogP contribution >= 0.6 is 0 Å². The molecule has 0 atom stereocenters. The van der Waals surface area contributed by atoms with E-state index in [2.05, 4.69) is 4.99 Å². The van der Waals surface area contributed by atoms with Crippen molar-refractivity contribution in [1.29, 1.82) is 0 Å². The van der Waals surface area contributed by atoms with Crippen LogP contribution in [0, 0.1) is 0 Å².